The van der Waals surface area contributed by atoms with Crippen LogP contribution in [0.5, 0.6) is 0 Å². The van der Waals surface area contributed by atoms with E-state index in [-0.39, 0.29) is 0 Å². The summed E-state index contributed by atoms with van der Waals surface area (Å²) in [6, 6.07) is 2.94. The zero-order valence-electron chi connectivity index (χ0n) is 6.79. The molecule has 11 heavy (non-hydrogen) atoms. The number of aryl methyl sites for hydroxylation is 1. The van der Waals surface area contributed by atoms with Gasteiger partial charge in [-0.2, -0.15) is 0 Å². The van der Waals surface area contributed by atoms with E-state index in [1.807, 2.05) is 6.92 Å². The number of methoxy groups -OCH3 is 1. The molecule has 3 heteroatoms. The van der Waals surface area contributed by atoms with E-state index in [2.05, 4.69) is 16.0 Å². The molecule has 0 atom stereocenters. The van der Waals surface area contributed by atoms with Crippen molar-refractivity contribution in [2.75, 3.05) is 7.11 Å². The Kier molecular flexibility index (Phi) is 2.98. The maximum Gasteiger partial charge on any atom is 0.154 e. The molecule has 1 heterocycles. The van der Waals surface area contributed by atoms with Gasteiger partial charge in [-0.15, -0.1) is 0 Å². The highest BCUT2D eigenvalue weighted by atomic mass is 16.5. The van der Waals surface area contributed by atoms with Crippen LogP contribution in [0.2, 0.25) is 0 Å². The number of aromatic nitrogens is 2. The van der Waals surface area contributed by atoms with Gasteiger partial charge in [0.25, 0.3) is 0 Å². The quantitative estimate of drug-likeness (QED) is 0.646. The highest BCUT2D eigenvalue weighted by molar-refractivity contribution is 4.99. The molecule has 0 aliphatic rings. The minimum Gasteiger partial charge on any atom is -0.377 e. The molecular formula is C8H11N2O. The van der Waals surface area contributed by atoms with Gasteiger partial charge >= 0.3 is 0 Å². The van der Waals surface area contributed by atoms with Gasteiger partial charge in [-0.05, 0) is 6.42 Å². The van der Waals surface area contributed by atoms with Crippen molar-refractivity contribution in [1.29, 1.82) is 0 Å². The molecule has 0 unspecified atom stereocenters. The van der Waals surface area contributed by atoms with E-state index in [0.717, 1.165) is 17.9 Å². The molecule has 0 saturated carbocycles. The Morgan fingerprint density at radius 1 is 1.64 bits per heavy atom. The van der Waals surface area contributed by atoms with Crippen LogP contribution < -0.4 is 0 Å². The van der Waals surface area contributed by atoms with Crippen LogP contribution in [0.1, 0.15) is 18.4 Å². The van der Waals surface area contributed by atoms with Gasteiger partial charge < -0.3 is 4.74 Å². The Bertz CT molecular complexity index is 225. The maximum atomic E-state index is 4.89. The van der Waals surface area contributed by atoms with Crippen LogP contribution in [0, 0.1) is 6.07 Å². The molecule has 0 bridgehead atoms. The summed E-state index contributed by atoms with van der Waals surface area (Å²) >= 11 is 0. The average molecular weight is 151 g/mol. The molecule has 0 N–H and O–H groups in total. The predicted molar refractivity (Wildman–Crippen MR) is 41.0 cm³/mol. The molecule has 0 aromatic carbocycles. The molecule has 1 aromatic rings. The SMILES string of the molecule is CCc1[c]cnc(COC)n1. The van der Waals surface area contributed by atoms with E-state index in [9.17, 15) is 0 Å². The van der Waals surface area contributed by atoms with Gasteiger partial charge in [0.2, 0.25) is 0 Å². The van der Waals surface area contributed by atoms with Crippen molar-refractivity contribution in [2.24, 2.45) is 0 Å². The van der Waals surface area contributed by atoms with Gasteiger partial charge in [0.05, 0.1) is 5.69 Å². The summed E-state index contributed by atoms with van der Waals surface area (Å²) in [6.45, 7) is 2.51. The molecule has 1 rings (SSSR count). The third-order valence-electron chi connectivity index (χ3n) is 1.32. The molecular weight excluding hydrogens is 140 g/mol. The van der Waals surface area contributed by atoms with Crippen molar-refractivity contribution in [3.63, 3.8) is 0 Å². The van der Waals surface area contributed by atoms with Gasteiger partial charge in [0, 0.05) is 19.4 Å². The van der Waals surface area contributed by atoms with Crippen molar-refractivity contribution >= 4 is 0 Å². The van der Waals surface area contributed by atoms with Crippen molar-refractivity contribution in [3.05, 3.63) is 23.8 Å². The molecule has 0 aliphatic carbocycles. The highest BCUT2D eigenvalue weighted by Crippen LogP contribution is 1.96. The summed E-state index contributed by atoms with van der Waals surface area (Å²) in [5, 5.41) is 0. The molecule has 59 valence electrons. The van der Waals surface area contributed by atoms with Gasteiger partial charge in [-0.1, -0.05) is 6.92 Å². The standard InChI is InChI=1S/C8H11N2O/c1-3-7-4-5-9-8(10-7)6-11-2/h5H,3,6H2,1-2H3. The van der Waals surface area contributed by atoms with Crippen LogP contribution in [-0.2, 0) is 17.8 Å². The summed E-state index contributed by atoms with van der Waals surface area (Å²) in [4.78, 5) is 8.17. The molecule has 0 amide bonds. The van der Waals surface area contributed by atoms with Gasteiger partial charge in [-0.25, -0.2) is 9.97 Å². The molecule has 0 aliphatic heterocycles. The van der Waals surface area contributed by atoms with Crippen molar-refractivity contribution in [1.82, 2.24) is 9.97 Å². The largest absolute Gasteiger partial charge is 0.377 e. The number of rotatable bonds is 3. The zero-order valence-corrected chi connectivity index (χ0v) is 6.79. The topological polar surface area (TPSA) is 35.0 Å². The zero-order chi connectivity index (χ0) is 8.10. The van der Waals surface area contributed by atoms with Crippen LogP contribution in [0.15, 0.2) is 6.20 Å². The lowest BCUT2D eigenvalue weighted by molar-refractivity contribution is 0.177. The van der Waals surface area contributed by atoms with Gasteiger partial charge in [-0.3, -0.25) is 0 Å². The van der Waals surface area contributed by atoms with E-state index in [4.69, 9.17) is 4.74 Å². The monoisotopic (exact) mass is 151 g/mol. The van der Waals surface area contributed by atoms with Gasteiger partial charge in [0.15, 0.2) is 5.82 Å². The van der Waals surface area contributed by atoms with E-state index in [0.29, 0.717) is 6.61 Å². The molecule has 1 radical (unpaired) electrons. The first-order chi connectivity index (χ1) is 5.36. The number of hydrogen-bond donors (Lipinski definition) is 0. The summed E-state index contributed by atoms with van der Waals surface area (Å²) < 4.78 is 4.89. The van der Waals surface area contributed by atoms with E-state index in [1.165, 1.54) is 0 Å². The number of hydrogen-bond acceptors (Lipinski definition) is 3. The fraction of sp³-hybridized carbons (Fsp3) is 0.500. The first-order valence-electron chi connectivity index (χ1n) is 3.58. The van der Waals surface area contributed by atoms with Crippen molar-refractivity contribution in [3.8, 4) is 0 Å². The fourth-order valence-electron chi connectivity index (χ4n) is 0.778. The molecule has 0 spiro atoms. The molecule has 0 saturated heterocycles. The lowest BCUT2D eigenvalue weighted by atomic mass is 10.3. The lowest BCUT2D eigenvalue weighted by Gasteiger charge is -1.98. The Hall–Kier alpha value is -0.960. The summed E-state index contributed by atoms with van der Waals surface area (Å²) in [5.41, 5.74) is 0.937. The average Bonchev–Trinajstić information content (AvgIpc) is 2.06. The Labute approximate surface area is 66.4 Å². The summed E-state index contributed by atoms with van der Waals surface area (Å²) in [6.07, 6.45) is 2.53. The van der Waals surface area contributed by atoms with Crippen LogP contribution in [-0.4, -0.2) is 17.1 Å². The van der Waals surface area contributed by atoms with E-state index < -0.39 is 0 Å². The minimum absolute atomic E-state index is 0.474. The van der Waals surface area contributed by atoms with Crippen LogP contribution >= 0.6 is 0 Å². The lowest BCUT2D eigenvalue weighted by Crippen LogP contribution is -1.99. The second-order valence-electron chi connectivity index (χ2n) is 2.16. The summed E-state index contributed by atoms with van der Waals surface area (Å²) in [5.74, 6) is 0.725. The first kappa shape index (κ1) is 8.14. The number of ether oxygens (including phenoxy) is 1. The second-order valence-corrected chi connectivity index (χ2v) is 2.16. The van der Waals surface area contributed by atoms with E-state index in [1.54, 1.807) is 13.3 Å². The third-order valence-corrected chi connectivity index (χ3v) is 1.32. The highest BCUT2D eigenvalue weighted by Gasteiger charge is 1.95. The van der Waals surface area contributed by atoms with Crippen LogP contribution in [0.3, 0.4) is 0 Å². The van der Waals surface area contributed by atoms with Gasteiger partial charge in [0.1, 0.15) is 6.61 Å². The summed E-state index contributed by atoms with van der Waals surface area (Å²) in [7, 11) is 1.63. The smallest absolute Gasteiger partial charge is 0.154 e. The Morgan fingerprint density at radius 2 is 2.45 bits per heavy atom. The predicted octanol–water partition coefficient (Wildman–Crippen LogP) is 0.986. The van der Waals surface area contributed by atoms with Crippen LogP contribution in [0.25, 0.3) is 0 Å². The second kappa shape index (κ2) is 4.03. The minimum atomic E-state index is 0.474. The van der Waals surface area contributed by atoms with Crippen molar-refractivity contribution < 1.29 is 4.74 Å². The van der Waals surface area contributed by atoms with Crippen molar-refractivity contribution in [2.45, 2.75) is 20.0 Å². The van der Waals surface area contributed by atoms with E-state index >= 15 is 0 Å². The Balaban J connectivity index is 2.74. The molecule has 1 aromatic heterocycles. The molecule has 3 nitrogen and oxygen atoms in total. The third kappa shape index (κ3) is 2.27. The number of nitrogens with zero attached hydrogens (tertiary/aromatic N) is 2. The first-order valence-corrected chi connectivity index (χ1v) is 3.58. The molecule has 0 fully saturated rings. The fourth-order valence-corrected chi connectivity index (χ4v) is 0.778. The Morgan fingerprint density at radius 3 is 3.09 bits per heavy atom. The normalized spacial score (nSPS) is 10.0. The van der Waals surface area contributed by atoms with Crippen LogP contribution in [0.4, 0.5) is 0 Å². The maximum absolute atomic E-state index is 4.89.